The Bertz CT molecular complexity index is 223. The third kappa shape index (κ3) is 3.59. The predicted octanol–water partition coefficient (Wildman–Crippen LogP) is -1.81. The lowest BCUT2D eigenvalue weighted by molar-refractivity contribution is -0.333. The van der Waals surface area contributed by atoms with Crippen LogP contribution in [0.1, 0.15) is 13.8 Å². The van der Waals surface area contributed by atoms with E-state index >= 15 is 0 Å². The van der Waals surface area contributed by atoms with Gasteiger partial charge in [0.2, 0.25) is 0 Å². The van der Waals surface area contributed by atoms with Crippen molar-refractivity contribution in [2.24, 2.45) is 0 Å². The maximum atomic E-state index is 9.64. The first kappa shape index (κ1) is 14.8. The maximum absolute atomic E-state index is 9.64. The van der Waals surface area contributed by atoms with E-state index in [-0.39, 0.29) is 0 Å². The van der Waals surface area contributed by atoms with Gasteiger partial charge in [-0.3, -0.25) is 0 Å². The van der Waals surface area contributed by atoms with Gasteiger partial charge in [0.25, 0.3) is 0 Å². The first-order valence-electron chi connectivity index (χ1n) is 5.58. The molecule has 1 rings (SSSR count). The van der Waals surface area contributed by atoms with Crippen molar-refractivity contribution in [3.8, 4) is 0 Å². The molecule has 0 aromatic heterocycles. The van der Waals surface area contributed by atoms with Crippen LogP contribution in [-0.2, 0) is 14.2 Å². The fraction of sp³-hybridized carbons (Fsp3) is 1.00. The molecule has 0 spiro atoms. The largest absolute Gasteiger partial charge is 0.394 e. The standard InChI is InChI=1S/C10H20O7/c1-3-15-5(2)16-10-9(14)8(13)7(12)6(4-11)17-10/h5-14H,3-4H2,1-2H3/t5?,6-,7-,8+,9+,10-/m1/s1. The third-order valence-electron chi connectivity index (χ3n) is 2.58. The Morgan fingerprint density at radius 1 is 1.18 bits per heavy atom. The molecule has 0 bridgehead atoms. The molecule has 102 valence electrons. The van der Waals surface area contributed by atoms with Crippen molar-refractivity contribution in [1.29, 1.82) is 0 Å². The summed E-state index contributed by atoms with van der Waals surface area (Å²) in [6.07, 6.45) is -6.94. The van der Waals surface area contributed by atoms with E-state index in [1.807, 2.05) is 0 Å². The molecule has 0 amide bonds. The zero-order chi connectivity index (χ0) is 13.0. The molecule has 6 atom stereocenters. The average molecular weight is 252 g/mol. The molecule has 1 saturated heterocycles. The Balaban J connectivity index is 2.59. The zero-order valence-corrected chi connectivity index (χ0v) is 9.89. The van der Waals surface area contributed by atoms with Gasteiger partial charge in [-0.25, -0.2) is 0 Å². The molecule has 0 aromatic carbocycles. The van der Waals surface area contributed by atoms with Crippen LogP contribution in [0.4, 0.5) is 0 Å². The quantitative estimate of drug-likeness (QED) is 0.427. The second kappa shape index (κ2) is 6.60. The summed E-state index contributed by atoms with van der Waals surface area (Å²) in [5, 5.41) is 37.6. The SMILES string of the molecule is CCOC(C)O[C@@H]1O[C@H](CO)[C@@H](O)[C@H](O)[C@@H]1O. The van der Waals surface area contributed by atoms with Crippen LogP contribution in [0.3, 0.4) is 0 Å². The average Bonchev–Trinajstić information content (AvgIpc) is 2.30. The summed E-state index contributed by atoms with van der Waals surface area (Å²) < 4.78 is 15.5. The Morgan fingerprint density at radius 3 is 2.35 bits per heavy atom. The Labute approximate surface area is 99.5 Å². The molecular formula is C10H20O7. The van der Waals surface area contributed by atoms with E-state index in [9.17, 15) is 15.3 Å². The van der Waals surface area contributed by atoms with Crippen molar-refractivity contribution in [1.82, 2.24) is 0 Å². The molecule has 1 fully saturated rings. The van der Waals surface area contributed by atoms with Crippen LogP contribution in [0, 0.1) is 0 Å². The lowest BCUT2D eigenvalue weighted by Crippen LogP contribution is -2.59. The van der Waals surface area contributed by atoms with Gasteiger partial charge in [-0.2, -0.15) is 0 Å². The van der Waals surface area contributed by atoms with Gasteiger partial charge in [-0.05, 0) is 13.8 Å². The van der Waals surface area contributed by atoms with E-state index in [2.05, 4.69) is 0 Å². The summed E-state index contributed by atoms with van der Waals surface area (Å²) in [6.45, 7) is 3.35. The van der Waals surface area contributed by atoms with Crippen LogP contribution in [-0.4, -0.2) is 70.6 Å². The van der Waals surface area contributed by atoms with Crippen LogP contribution < -0.4 is 0 Å². The number of ether oxygens (including phenoxy) is 3. The van der Waals surface area contributed by atoms with E-state index in [1.165, 1.54) is 0 Å². The van der Waals surface area contributed by atoms with Crippen LogP contribution in [0.15, 0.2) is 0 Å². The number of aliphatic hydroxyl groups is 4. The van der Waals surface area contributed by atoms with Gasteiger partial charge in [0.05, 0.1) is 6.61 Å². The van der Waals surface area contributed by atoms with Gasteiger partial charge >= 0.3 is 0 Å². The Hall–Kier alpha value is -0.280. The van der Waals surface area contributed by atoms with E-state index in [1.54, 1.807) is 13.8 Å². The second-order valence-electron chi connectivity index (χ2n) is 3.86. The monoisotopic (exact) mass is 252 g/mol. The van der Waals surface area contributed by atoms with Gasteiger partial charge < -0.3 is 34.6 Å². The first-order valence-corrected chi connectivity index (χ1v) is 5.58. The summed E-state index contributed by atoms with van der Waals surface area (Å²) in [7, 11) is 0. The van der Waals surface area contributed by atoms with Crippen molar-refractivity contribution in [3.63, 3.8) is 0 Å². The fourth-order valence-corrected chi connectivity index (χ4v) is 1.64. The minimum atomic E-state index is -1.43. The van der Waals surface area contributed by atoms with Gasteiger partial charge in [0, 0.05) is 6.61 Å². The van der Waals surface area contributed by atoms with E-state index < -0.39 is 43.6 Å². The van der Waals surface area contributed by atoms with Crippen molar-refractivity contribution >= 4 is 0 Å². The minimum absolute atomic E-state index is 0.429. The number of hydrogen-bond acceptors (Lipinski definition) is 7. The van der Waals surface area contributed by atoms with Gasteiger partial charge in [-0.15, -0.1) is 0 Å². The van der Waals surface area contributed by atoms with Crippen molar-refractivity contribution < 1.29 is 34.6 Å². The van der Waals surface area contributed by atoms with Crippen molar-refractivity contribution in [2.75, 3.05) is 13.2 Å². The summed E-state index contributed by atoms with van der Waals surface area (Å²) in [5.41, 5.74) is 0. The smallest absolute Gasteiger partial charge is 0.189 e. The lowest BCUT2D eigenvalue weighted by atomic mass is 9.99. The molecule has 0 aliphatic carbocycles. The summed E-state index contributed by atoms with van der Waals surface area (Å²) in [4.78, 5) is 0. The first-order chi connectivity index (χ1) is 8.01. The van der Waals surface area contributed by atoms with Crippen molar-refractivity contribution in [2.45, 2.75) is 50.8 Å². The molecule has 7 nitrogen and oxygen atoms in total. The molecule has 4 N–H and O–H groups in total. The number of hydrogen-bond donors (Lipinski definition) is 4. The summed E-state index contributed by atoms with van der Waals surface area (Å²) >= 11 is 0. The Morgan fingerprint density at radius 2 is 1.82 bits per heavy atom. The highest BCUT2D eigenvalue weighted by atomic mass is 16.8. The second-order valence-corrected chi connectivity index (χ2v) is 3.86. The fourth-order valence-electron chi connectivity index (χ4n) is 1.64. The van der Waals surface area contributed by atoms with E-state index in [0.717, 1.165) is 0 Å². The normalized spacial score (nSPS) is 40.2. The summed E-state index contributed by atoms with van der Waals surface area (Å²) in [5.74, 6) is 0. The topological polar surface area (TPSA) is 109 Å². The number of rotatable bonds is 5. The van der Waals surface area contributed by atoms with E-state index in [4.69, 9.17) is 19.3 Å². The molecule has 0 saturated carbocycles. The highest BCUT2D eigenvalue weighted by Crippen LogP contribution is 2.22. The van der Waals surface area contributed by atoms with Gasteiger partial charge in [0.1, 0.15) is 24.4 Å². The van der Waals surface area contributed by atoms with E-state index in [0.29, 0.717) is 6.61 Å². The lowest BCUT2D eigenvalue weighted by Gasteiger charge is -2.40. The summed E-state index contributed by atoms with van der Waals surface area (Å²) in [6, 6.07) is 0. The molecule has 0 radical (unpaired) electrons. The molecule has 1 heterocycles. The molecule has 1 aliphatic heterocycles. The highest BCUT2D eigenvalue weighted by molar-refractivity contribution is 4.88. The molecule has 1 aliphatic rings. The zero-order valence-electron chi connectivity index (χ0n) is 9.89. The maximum Gasteiger partial charge on any atom is 0.189 e. The van der Waals surface area contributed by atoms with Crippen LogP contribution in [0.5, 0.6) is 0 Å². The van der Waals surface area contributed by atoms with Crippen molar-refractivity contribution in [3.05, 3.63) is 0 Å². The van der Waals surface area contributed by atoms with Gasteiger partial charge in [-0.1, -0.05) is 0 Å². The molecule has 7 heteroatoms. The number of aliphatic hydroxyl groups excluding tert-OH is 4. The Kier molecular flexibility index (Phi) is 5.74. The van der Waals surface area contributed by atoms with Crippen LogP contribution in [0.25, 0.3) is 0 Å². The third-order valence-corrected chi connectivity index (χ3v) is 2.58. The molecule has 17 heavy (non-hydrogen) atoms. The van der Waals surface area contributed by atoms with Gasteiger partial charge in [0.15, 0.2) is 12.6 Å². The van der Waals surface area contributed by atoms with Crippen LogP contribution in [0.2, 0.25) is 0 Å². The molecule has 0 aromatic rings. The minimum Gasteiger partial charge on any atom is -0.394 e. The predicted molar refractivity (Wildman–Crippen MR) is 55.9 cm³/mol. The van der Waals surface area contributed by atoms with Crippen LogP contribution >= 0.6 is 0 Å². The molecule has 1 unspecified atom stereocenters. The molecular weight excluding hydrogens is 232 g/mol. The highest BCUT2D eigenvalue weighted by Gasteiger charge is 2.44.